The van der Waals surface area contributed by atoms with Crippen molar-refractivity contribution in [2.24, 2.45) is 0 Å². The summed E-state index contributed by atoms with van der Waals surface area (Å²) in [5, 5.41) is 5.34. The van der Waals surface area contributed by atoms with Crippen molar-refractivity contribution < 1.29 is 28.6 Å². The van der Waals surface area contributed by atoms with Crippen LogP contribution < -0.4 is 20.1 Å². The summed E-state index contributed by atoms with van der Waals surface area (Å²) in [6.07, 6.45) is -0.213. The van der Waals surface area contributed by atoms with E-state index in [1.54, 1.807) is 55.6 Å². The number of carbonyl (C=O) groups is 3. The molecule has 0 saturated heterocycles. The van der Waals surface area contributed by atoms with Crippen molar-refractivity contribution in [3.8, 4) is 17.2 Å². The molecule has 3 aromatic rings. The minimum absolute atomic E-state index is 0.0699. The van der Waals surface area contributed by atoms with Gasteiger partial charge >= 0.3 is 5.97 Å². The van der Waals surface area contributed by atoms with Gasteiger partial charge < -0.3 is 24.8 Å². The molecule has 0 spiro atoms. The van der Waals surface area contributed by atoms with E-state index in [0.717, 1.165) is 16.9 Å². The molecular formula is C27H28N2O6. The van der Waals surface area contributed by atoms with Crippen LogP contribution in [0.4, 0.5) is 11.4 Å². The maximum atomic E-state index is 12.2. The molecule has 0 aromatic heterocycles. The van der Waals surface area contributed by atoms with Gasteiger partial charge in [0.05, 0.1) is 13.5 Å². The Kier molecular flexibility index (Phi) is 8.83. The first-order valence-corrected chi connectivity index (χ1v) is 11.1. The molecular weight excluding hydrogens is 448 g/mol. The molecule has 35 heavy (non-hydrogen) atoms. The highest BCUT2D eigenvalue weighted by Crippen LogP contribution is 2.29. The van der Waals surface area contributed by atoms with Gasteiger partial charge in [-0.25, -0.2) is 0 Å². The topological polar surface area (TPSA) is 103 Å². The van der Waals surface area contributed by atoms with E-state index >= 15 is 0 Å². The van der Waals surface area contributed by atoms with Gasteiger partial charge in [-0.3, -0.25) is 14.4 Å². The van der Waals surface area contributed by atoms with E-state index in [9.17, 15) is 14.4 Å². The second-order valence-corrected chi connectivity index (χ2v) is 7.83. The normalized spacial score (nSPS) is 10.3. The standard InChI is InChI=1S/C27H28N2O6/c1-18-5-4-6-19(2)27(18)35-23-13-9-20(10-14-23)28-24(30)15-16-26(32)34-17-25(31)29-21-7-11-22(33-3)12-8-21/h4-14H,15-17H2,1-3H3,(H,28,30)(H,29,31). The molecule has 0 aliphatic heterocycles. The Morgan fingerprint density at radius 2 is 1.26 bits per heavy atom. The summed E-state index contributed by atoms with van der Waals surface area (Å²) in [6, 6.07) is 19.7. The Morgan fingerprint density at radius 3 is 1.83 bits per heavy atom. The van der Waals surface area contributed by atoms with Crippen LogP contribution in [0.15, 0.2) is 66.7 Å². The molecule has 2 N–H and O–H groups in total. The maximum Gasteiger partial charge on any atom is 0.306 e. The number of para-hydroxylation sites is 1. The Bertz CT molecular complexity index is 1150. The van der Waals surface area contributed by atoms with E-state index in [0.29, 0.717) is 22.9 Å². The van der Waals surface area contributed by atoms with Crippen molar-refractivity contribution in [2.45, 2.75) is 26.7 Å². The summed E-state index contributed by atoms with van der Waals surface area (Å²) in [7, 11) is 1.55. The van der Waals surface area contributed by atoms with Crippen LogP contribution in [0.5, 0.6) is 17.2 Å². The van der Waals surface area contributed by atoms with Crippen molar-refractivity contribution in [2.75, 3.05) is 24.4 Å². The highest BCUT2D eigenvalue weighted by atomic mass is 16.5. The van der Waals surface area contributed by atoms with E-state index < -0.39 is 18.5 Å². The first kappa shape index (κ1) is 25.3. The van der Waals surface area contributed by atoms with Crippen molar-refractivity contribution in [3.63, 3.8) is 0 Å². The zero-order valence-corrected chi connectivity index (χ0v) is 19.9. The third kappa shape index (κ3) is 7.89. The predicted octanol–water partition coefficient (Wildman–Crippen LogP) is 5.00. The van der Waals surface area contributed by atoms with Gasteiger partial charge in [-0.2, -0.15) is 0 Å². The number of esters is 1. The lowest BCUT2D eigenvalue weighted by Crippen LogP contribution is -2.21. The molecule has 3 rings (SSSR count). The van der Waals surface area contributed by atoms with Gasteiger partial charge in [-0.15, -0.1) is 0 Å². The molecule has 8 nitrogen and oxygen atoms in total. The van der Waals surface area contributed by atoms with Crippen molar-refractivity contribution in [1.82, 2.24) is 0 Å². The Labute approximate surface area is 204 Å². The van der Waals surface area contributed by atoms with Gasteiger partial charge in [0.25, 0.3) is 5.91 Å². The summed E-state index contributed by atoms with van der Waals surface area (Å²) in [5.74, 6) is 0.665. The quantitative estimate of drug-likeness (QED) is 0.399. The molecule has 0 saturated carbocycles. The number of nitrogens with one attached hydrogen (secondary N) is 2. The van der Waals surface area contributed by atoms with Crippen molar-refractivity contribution >= 4 is 29.2 Å². The van der Waals surface area contributed by atoms with Crippen molar-refractivity contribution in [3.05, 3.63) is 77.9 Å². The van der Waals surface area contributed by atoms with Crippen LogP contribution in [0.3, 0.4) is 0 Å². The first-order chi connectivity index (χ1) is 16.8. The summed E-state index contributed by atoms with van der Waals surface area (Å²) >= 11 is 0. The highest BCUT2D eigenvalue weighted by Gasteiger charge is 2.12. The Balaban J connectivity index is 1.38. The average Bonchev–Trinajstić information content (AvgIpc) is 2.85. The first-order valence-electron chi connectivity index (χ1n) is 11.1. The number of ether oxygens (including phenoxy) is 3. The molecule has 3 aromatic carbocycles. The van der Waals surface area contributed by atoms with E-state index in [-0.39, 0.29) is 18.7 Å². The maximum absolute atomic E-state index is 12.2. The molecule has 0 fully saturated rings. The molecule has 0 atom stereocenters. The minimum Gasteiger partial charge on any atom is -0.497 e. The van der Waals surface area contributed by atoms with E-state index in [1.807, 2.05) is 32.0 Å². The fraction of sp³-hybridized carbons (Fsp3) is 0.222. The lowest BCUT2D eigenvalue weighted by molar-refractivity contribution is -0.147. The summed E-state index contributed by atoms with van der Waals surface area (Å²) in [4.78, 5) is 36.0. The number of amides is 2. The van der Waals surface area contributed by atoms with Gasteiger partial charge in [0.2, 0.25) is 5.91 Å². The summed E-state index contributed by atoms with van der Waals surface area (Å²) < 4.78 is 16.0. The second-order valence-electron chi connectivity index (χ2n) is 7.83. The number of methoxy groups -OCH3 is 1. The lowest BCUT2D eigenvalue weighted by Gasteiger charge is -2.12. The van der Waals surface area contributed by atoms with Crippen LogP contribution in [0, 0.1) is 13.8 Å². The highest BCUT2D eigenvalue weighted by molar-refractivity contribution is 5.94. The zero-order chi connectivity index (χ0) is 25.2. The van der Waals surface area contributed by atoms with Gasteiger partial charge in [-0.05, 0) is 73.5 Å². The fourth-order valence-electron chi connectivity index (χ4n) is 3.21. The zero-order valence-electron chi connectivity index (χ0n) is 19.9. The molecule has 2 amide bonds. The number of rotatable bonds is 10. The molecule has 0 aliphatic carbocycles. The van der Waals surface area contributed by atoms with Gasteiger partial charge in [0, 0.05) is 17.8 Å². The predicted molar refractivity (Wildman–Crippen MR) is 133 cm³/mol. The van der Waals surface area contributed by atoms with Crippen LogP contribution >= 0.6 is 0 Å². The van der Waals surface area contributed by atoms with E-state index in [1.165, 1.54) is 0 Å². The fourth-order valence-corrected chi connectivity index (χ4v) is 3.21. The Morgan fingerprint density at radius 1 is 0.714 bits per heavy atom. The number of carbonyl (C=O) groups excluding carboxylic acids is 3. The number of anilines is 2. The van der Waals surface area contributed by atoms with Crippen molar-refractivity contribution in [1.29, 1.82) is 0 Å². The molecule has 8 heteroatoms. The lowest BCUT2D eigenvalue weighted by atomic mass is 10.1. The van der Waals surface area contributed by atoms with Gasteiger partial charge in [0.1, 0.15) is 17.2 Å². The van der Waals surface area contributed by atoms with Crippen LogP contribution in [0.25, 0.3) is 0 Å². The summed E-state index contributed by atoms with van der Waals surface area (Å²) in [6.45, 7) is 3.53. The number of aryl methyl sites for hydroxylation is 2. The van der Waals surface area contributed by atoms with E-state index in [4.69, 9.17) is 14.2 Å². The molecule has 0 heterocycles. The summed E-state index contributed by atoms with van der Waals surface area (Å²) in [5.41, 5.74) is 3.20. The largest absolute Gasteiger partial charge is 0.497 e. The minimum atomic E-state index is -0.637. The smallest absolute Gasteiger partial charge is 0.306 e. The average molecular weight is 477 g/mol. The molecule has 0 aliphatic rings. The van der Waals surface area contributed by atoms with Gasteiger partial charge in [-0.1, -0.05) is 18.2 Å². The molecule has 182 valence electrons. The van der Waals surface area contributed by atoms with Gasteiger partial charge in [0.15, 0.2) is 6.61 Å². The van der Waals surface area contributed by atoms with Crippen LogP contribution in [-0.4, -0.2) is 31.5 Å². The van der Waals surface area contributed by atoms with Crippen LogP contribution in [-0.2, 0) is 19.1 Å². The Hall–Kier alpha value is -4.33. The number of hydrogen-bond donors (Lipinski definition) is 2. The van der Waals surface area contributed by atoms with E-state index in [2.05, 4.69) is 10.6 Å². The number of benzene rings is 3. The second kappa shape index (κ2) is 12.2. The monoisotopic (exact) mass is 476 g/mol. The van der Waals surface area contributed by atoms with Crippen LogP contribution in [0.1, 0.15) is 24.0 Å². The van der Waals surface area contributed by atoms with Crippen LogP contribution in [0.2, 0.25) is 0 Å². The third-order valence-electron chi connectivity index (χ3n) is 5.06. The molecule has 0 bridgehead atoms. The molecule has 0 unspecified atom stereocenters. The molecule has 0 radical (unpaired) electrons. The number of hydrogen-bond acceptors (Lipinski definition) is 6. The third-order valence-corrected chi connectivity index (χ3v) is 5.06. The SMILES string of the molecule is COc1ccc(NC(=O)COC(=O)CCC(=O)Nc2ccc(Oc3c(C)cccc3C)cc2)cc1.